The monoisotopic (exact) mass is 219 g/mol. The topological polar surface area (TPSA) is 21.7 Å². The highest BCUT2D eigenvalue weighted by atomic mass is 28.1. The predicted molar refractivity (Wildman–Crippen MR) is 63.7 cm³/mol. The molecule has 0 aliphatic carbocycles. The van der Waals surface area contributed by atoms with Crippen LogP contribution in [0.3, 0.4) is 0 Å². The Hall–Kier alpha value is 0.0969. The van der Waals surface area contributed by atoms with Gasteiger partial charge < -0.3 is 9.47 Å². The second kappa shape index (κ2) is 7.40. The van der Waals surface area contributed by atoms with Crippen molar-refractivity contribution in [2.75, 3.05) is 32.8 Å². The van der Waals surface area contributed by atoms with Crippen LogP contribution >= 0.6 is 0 Å². The molecule has 0 atom stereocenters. The molecular formula is C10H25NO2Si. The quantitative estimate of drug-likeness (QED) is 0.436. The fourth-order valence-electron chi connectivity index (χ4n) is 1.60. The molecule has 0 amide bonds. The summed E-state index contributed by atoms with van der Waals surface area (Å²) in [5.74, 6) is 0. The van der Waals surface area contributed by atoms with Gasteiger partial charge in [0.1, 0.15) is 0 Å². The molecule has 0 aromatic carbocycles. The zero-order valence-electron chi connectivity index (χ0n) is 10.3. The fraction of sp³-hybridized carbons (Fsp3) is 1.00. The Labute approximate surface area is 91.2 Å². The molecule has 3 nitrogen and oxygen atoms in total. The second-order valence-electron chi connectivity index (χ2n) is 3.46. The Kier molecular flexibility index (Phi) is 7.45. The van der Waals surface area contributed by atoms with E-state index in [9.17, 15) is 0 Å². The van der Waals surface area contributed by atoms with Gasteiger partial charge in [-0.1, -0.05) is 13.8 Å². The summed E-state index contributed by atoms with van der Waals surface area (Å²) in [5, 5.41) is 0. The van der Waals surface area contributed by atoms with Crippen molar-refractivity contribution in [1.82, 2.24) is 4.90 Å². The molecule has 0 rings (SSSR count). The Balaban J connectivity index is 4.17. The molecule has 0 fully saturated rings. The average Bonchev–Trinajstić information content (AvgIpc) is 2.15. The molecule has 0 heterocycles. The third kappa shape index (κ3) is 5.10. The summed E-state index contributed by atoms with van der Waals surface area (Å²) in [7, 11) is 0.909. The largest absolute Gasteiger partial charge is 0.354 e. The van der Waals surface area contributed by atoms with E-state index in [1.165, 1.54) is 0 Å². The van der Waals surface area contributed by atoms with Crippen LogP contribution in [0.25, 0.3) is 0 Å². The van der Waals surface area contributed by atoms with E-state index < -0.39 is 0 Å². The first-order chi connectivity index (χ1) is 6.61. The van der Waals surface area contributed by atoms with E-state index >= 15 is 0 Å². The van der Waals surface area contributed by atoms with Gasteiger partial charge >= 0.3 is 0 Å². The zero-order chi connectivity index (χ0) is 11.0. The number of rotatable bonds is 8. The summed E-state index contributed by atoms with van der Waals surface area (Å²) in [4.78, 5) is 2.35. The van der Waals surface area contributed by atoms with Crippen molar-refractivity contribution in [3.05, 3.63) is 0 Å². The molecule has 0 aliphatic rings. The van der Waals surface area contributed by atoms with E-state index in [-0.39, 0.29) is 5.41 Å². The maximum atomic E-state index is 5.70. The Morgan fingerprint density at radius 1 is 1.00 bits per heavy atom. The van der Waals surface area contributed by atoms with Crippen molar-refractivity contribution in [2.24, 2.45) is 0 Å². The molecule has 0 saturated heterocycles. The van der Waals surface area contributed by atoms with Crippen LogP contribution in [0.4, 0.5) is 0 Å². The number of hydrogen-bond donors (Lipinski definition) is 0. The van der Waals surface area contributed by atoms with Crippen molar-refractivity contribution in [3.8, 4) is 0 Å². The van der Waals surface area contributed by atoms with Crippen molar-refractivity contribution in [1.29, 1.82) is 0 Å². The lowest BCUT2D eigenvalue weighted by Gasteiger charge is -2.34. The van der Waals surface area contributed by atoms with E-state index in [0.717, 1.165) is 43.1 Å². The van der Waals surface area contributed by atoms with Gasteiger partial charge in [0.05, 0.1) is 10.2 Å². The molecule has 0 N–H and O–H groups in total. The highest BCUT2D eigenvalue weighted by Crippen LogP contribution is 2.10. The first-order valence-electron chi connectivity index (χ1n) is 5.62. The molecule has 0 bridgehead atoms. The SMILES string of the molecule is CCOC([SiH3])(CN(CC)CC)OCC. The maximum Gasteiger partial charge on any atom is 0.153 e. The van der Waals surface area contributed by atoms with E-state index in [4.69, 9.17) is 9.47 Å². The van der Waals surface area contributed by atoms with E-state index in [2.05, 4.69) is 18.7 Å². The van der Waals surface area contributed by atoms with Crippen molar-refractivity contribution in [2.45, 2.75) is 33.1 Å². The highest BCUT2D eigenvalue weighted by Gasteiger charge is 2.26. The van der Waals surface area contributed by atoms with Crippen LogP contribution in [0, 0.1) is 0 Å². The number of likely N-dealkylation sites (N-methyl/N-ethyl adjacent to an activating group) is 1. The van der Waals surface area contributed by atoms with Gasteiger partial charge in [0.2, 0.25) is 0 Å². The summed E-state index contributed by atoms with van der Waals surface area (Å²) in [6, 6.07) is 0. The number of ether oxygens (including phenoxy) is 2. The molecule has 0 unspecified atom stereocenters. The van der Waals surface area contributed by atoms with Crippen LogP contribution in [0.1, 0.15) is 27.7 Å². The molecule has 86 valence electrons. The molecule has 14 heavy (non-hydrogen) atoms. The van der Waals surface area contributed by atoms with Crippen molar-refractivity contribution >= 4 is 10.2 Å². The van der Waals surface area contributed by atoms with E-state index in [0.29, 0.717) is 0 Å². The minimum atomic E-state index is -0.310. The minimum Gasteiger partial charge on any atom is -0.354 e. The molecule has 0 aliphatic heterocycles. The van der Waals surface area contributed by atoms with Crippen LogP contribution in [-0.4, -0.2) is 53.4 Å². The lowest BCUT2D eigenvalue weighted by atomic mass is 10.4. The molecule has 0 aromatic heterocycles. The van der Waals surface area contributed by atoms with Crippen LogP contribution in [0.15, 0.2) is 0 Å². The van der Waals surface area contributed by atoms with Gasteiger partial charge in [-0.05, 0) is 26.9 Å². The molecule has 0 spiro atoms. The first-order valence-corrected chi connectivity index (χ1v) is 6.62. The van der Waals surface area contributed by atoms with Crippen LogP contribution in [0.2, 0.25) is 0 Å². The van der Waals surface area contributed by atoms with Crippen LogP contribution in [0.5, 0.6) is 0 Å². The smallest absolute Gasteiger partial charge is 0.153 e. The minimum absolute atomic E-state index is 0.310. The normalized spacial score (nSPS) is 12.6. The van der Waals surface area contributed by atoms with E-state index in [1.807, 2.05) is 13.8 Å². The fourth-order valence-corrected chi connectivity index (χ4v) is 2.62. The molecule has 0 radical (unpaired) electrons. The molecular weight excluding hydrogens is 194 g/mol. The molecule has 0 saturated carbocycles. The molecule has 0 aromatic rings. The van der Waals surface area contributed by atoms with Crippen molar-refractivity contribution < 1.29 is 9.47 Å². The lowest BCUT2D eigenvalue weighted by Crippen LogP contribution is -2.48. The van der Waals surface area contributed by atoms with Gasteiger partial charge in [-0.25, -0.2) is 0 Å². The van der Waals surface area contributed by atoms with Crippen LogP contribution in [-0.2, 0) is 9.47 Å². The standard InChI is InChI=1S/C10H25NO2Si/c1-5-11(6-2)9-10(14,12-7-3)13-8-4/h5-9H2,1-4,14H3. The highest BCUT2D eigenvalue weighted by molar-refractivity contribution is 6.13. The number of nitrogens with zero attached hydrogens (tertiary/aromatic N) is 1. The Morgan fingerprint density at radius 2 is 1.43 bits per heavy atom. The van der Waals surface area contributed by atoms with Gasteiger partial charge in [-0.15, -0.1) is 0 Å². The lowest BCUT2D eigenvalue weighted by molar-refractivity contribution is -0.182. The van der Waals surface area contributed by atoms with Gasteiger partial charge in [-0.2, -0.15) is 0 Å². The first kappa shape index (κ1) is 14.1. The second-order valence-corrected chi connectivity index (χ2v) is 4.98. The molecule has 4 heteroatoms. The summed E-state index contributed by atoms with van der Waals surface area (Å²) in [5.41, 5.74) is -0.310. The zero-order valence-corrected chi connectivity index (χ0v) is 12.3. The van der Waals surface area contributed by atoms with Gasteiger partial charge in [-0.3, -0.25) is 4.90 Å². The van der Waals surface area contributed by atoms with Gasteiger partial charge in [0.25, 0.3) is 0 Å². The summed E-state index contributed by atoms with van der Waals surface area (Å²) < 4.78 is 11.4. The van der Waals surface area contributed by atoms with E-state index in [1.54, 1.807) is 0 Å². The Morgan fingerprint density at radius 3 is 1.71 bits per heavy atom. The Bertz CT molecular complexity index is 134. The summed E-state index contributed by atoms with van der Waals surface area (Å²) in [6.45, 7) is 12.8. The van der Waals surface area contributed by atoms with Gasteiger partial charge in [0.15, 0.2) is 5.41 Å². The average molecular weight is 219 g/mol. The van der Waals surface area contributed by atoms with Crippen LogP contribution < -0.4 is 0 Å². The summed E-state index contributed by atoms with van der Waals surface area (Å²) >= 11 is 0. The third-order valence-electron chi connectivity index (χ3n) is 2.30. The third-order valence-corrected chi connectivity index (χ3v) is 3.20. The van der Waals surface area contributed by atoms with Crippen molar-refractivity contribution in [3.63, 3.8) is 0 Å². The maximum absolute atomic E-state index is 5.70. The number of hydrogen-bond acceptors (Lipinski definition) is 3. The van der Waals surface area contributed by atoms with Gasteiger partial charge in [0, 0.05) is 19.8 Å². The summed E-state index contributed by atoms with van der Waals surface area (Å²) in [6.07, 6.45) is 0. The predicted octanol–water partition coefficient (Wildman–Crippen LogP) is 0.420.